The molecular formula is C15H24N2. The summed E-state index contributed by atoms with van der Waals surface area (Å²) in [5.41, 5.74) is 6.29. The fourth-order valence-corrected chi connectivity index (χ4v) is 3.10. The number of rotatable bonds is 2. The number of aryl methyl sites for hydroxylation is 1. The van der Waals surface area contributed by atoms with Crippen LogP contribution in [0.5, 0.6) is 0 Å². The van der Waals surface area contributed by atoms with Gasteiger partial charge in [-0.2, -0.15) is 0 Å². The van der Waals surface area contributed by atoms with Crippen LogP contribution in [0.15, 0.2) is 24.3 Å². The largest absolute Gasteiger partial charge is 0.271 e. The zero-order chi connectivity index (χ0) is 12.5. The van der Waals surface area contributed by atoms with Gasteiger partial charge in [0.2, 0.25) is 0 Å². The van der Waals surface area contributed by atoms with E-state index in [2.05, 4.69) is 50.5 Å². The van der Waals surface area contributed by atoms with Crippen LogP contribution in [0.2, 0.25) is 0 Å². The van der Waals surface area contributed by atoms with Gasteiger partial charge >= 0.3 is 0 Å². The first-order valence-electron chi connectivity index (χ1n) is 6.55. The van der Waals surface area contributed by atoms with Crippen LogP contribution < -0.4 is 11.3 Å². The number of nitrogens with one attached hydrogen (secondary N) is 1. The van der Waals surface area contributed by atoms with Gasteiger partial charge in [0.15, 0.2) is 0 Å². The second-order valence-electron chi connectivity index (χ2n) is 6.28. The molecule has 0 radical (unpaired) electrons. The Kier molecular flexibility index (Phi) is 3.55. The smallest absolute Gasteiger partial charge is 0.0290 e. The van der Waals surface area contributed by atoms with E-state index in [0.717, 1.165) is 6.42 Å². The van der Waals surface area contributed by atoms with Gasteiger partial charge in [0, 0.05) is 6.04 Å². The van der Waals surface area contributed by atoms with Crippen molar-refractivity contribution in [3.8, 4) is 0 Å². The number of hydrogen-bond acceptors (Lipinski definition) is 2. The number of hydrogen-bond donors (Lipinski definition) is 2. The monoisotopic (exact) mass is 232 g/mol. The molecule has 2 rings (SSSR count). The number of nitrogens with two attached hydrogens (primary N) is 1. The molecule has 2 nitrogen and oxygen atoms in total. The summed E-state index contributed by atoms with van der Waals surface area (Å²) < 4.78 is 0. The fourth-order valence-electron chi connectivity index (χ4n) is 3.10. The van der Waals surface area contributed by atoms with Crippen LogP contribution in [0.3, 0.4) is 0 Å². The van der Waals surface area contributed by atoms with Crippen LogP contribution in [0.4, 0.5) is 0 Å². The number of benzene rings is 1. The highest BCUT2D eigenvalue weighted by molar-refractivity contribution is 5.30. The van der Waals surface area contributed by atoms with E-state index in [0.29, 0.717) is 12.0 Å². The van der Waals surface area contributed by atoms with Crippen molar-refractivity contribution in [2.75, 3.05) is 0 Å². The minimum atomic E-state index is 0.214. The first kappa shape index (κ1) is 12.6. The summed E-state index contributed by atoms with van der Waals surface area (Å²) in [7, 11) is 0. The normalized spacial score (nSPS) is 22.0. The van der Waals surface area contributed by atoms with Crippen molar-refractivity contribution in [2.24, 2.45) is 17.2 Å². The highest BCUT2D eigenvalue weighted by atomic mass is 15.2. The molecule has 0 spiro atoms. The maximum absolute atomic E-state index is 5.76. The third-order valence-corrected chi connectivity index (χ3v) is 3.97. The molecule has 2 atom stereocenters. The molecule has 2 heteroatoms. The maximum Gasteiger partial charge on any atom is 0.0290 e. The van der Waals surface area contributed by atoms with E-state index in [1.54, 1.807) is 0 Å². The van der Waals surface area contributed by atoms with E-state index in [1.165, 1.54) is 24.0 Å². The van der Waals surface area contributed by atoms with Crippen molar-refractivity contribution >= 4 is 0 Å². The van der Waals surface area contributed by atoms with Gasteiger partial charge in [-0.15, -0.1) is 0 Å². The Morgan fingerprint density at radius 2 is 1.88 bits per heavy atom. The number of hydrazine groups is 1. The topological polar surface area (TPSA) is 38.0 Å². The zero-order valence-corrected chi connectivity index (χ0v) is 11.2. The van der Waals surface area contributed by atoms with Crippen molar-refractivity contribution in [2.45, 2.75) is 46.1 Å². The van der Waals surface area contributed by atoms with Crippen LogP contribution in [0.1, 0.15) is 38.3 Å². The SMILES string of the molecule is CC(C)(C)C(NN)C1CCc2ccccc2C1. The quantitative estimate of drug-likeness (QED) is 0.608. The molecule has 1 aliphatic rings. The van der Waals surface area contributed by atoms with Crippen molar-refractivity contribution in [3.63, 3.8) is 0 Å². The molecule has 0 heterocycles. The molecule has 0 bridgehead atoms. The fraction of sp³-hybridized carbons (Fsp3) is 0.600. The molecule has 0 saturated heterocycles. The molecule has 0 amide bonds. The van der Waals surface area contributed by atoms with Crippen LogP contribution in [0, 0.1) is 11.3 Å². The lowest BCUT2D eigenvalue weighted by Crippen LogP contribution is -2.50. The molecule has 0 aliphatic heterocycles. The van der Waals surface area contributed by atoms with Crippen LogP contribution in [-0.4, -0.2) is 6.04 Å². The van der Waals surface area contributed by atoms with Crippen LogP contribution in [0.25, 0.3) is 0 Å². The van der Waals surface area contributed by atoms with Gasteiger partial charge in [-0.1, -0.05) is 45.0 Å². The molecule has 17 heavy (non-hydrogen) atoms. The lowest BCUT2D eigenvalue weighted by atomic mass is 9.72. The Morgan fingerprint density at radius 1 is 1.24 bits per heavy atom. The molecule has 3 N–H and O–H groups in total. The average Bonchev–Trinajstić information content (AvgIpc) is 2.28. The minimum Gasteiger partial charge on any atom is -0.271 e. The summed E-state index contributed by atoms with van der Waals surface area (Å²) in [6.07, 6.45) is 3.58. The Labute approximate surface area is 105 Å². The predicted molar refractivity (Wildman–Crippen MR) is 72.5 cm³/mol. The molecule has 1 aromatic rings. The van der Waals surface area contributed by atoms with Crippen molar-refractivity contribution in [1.29, 1.82) is 0 Å². The van der Waals surface area contributed by atoms with Gasteiger partial charge < -0.3 is 0 Å². The second kappa shape index (κ2) is 4.79. The Bertz CT molecular complexity index is 379. The van der Waals surface area contributed by atoms with E-state index >= 15 is 0 Å². The number of fused-ring (bicyclic) bond motifs is 1. The van der Waals surface area contributed by atoms with Gasteiger partial charge in [-0.3, -0.25) is 11.3 Å². The van der Waals surface area contributed by atoms with Crippen LogP contribution >= 0.6 is 0 Å². The maximum atomic E-state index is 5.76. The molecule has 0 fully saturated rings. The molecule has 2 unspecified atom stereocenters. The standard InChI is InChI=1S/C15H24N2/c1-15(2,3)14(17-16)13-9-8-11-6-4-5-7-12(11)10-13/h4-7,13-14,17H,8-10,16H2,1-3H3. The highest BCUT2D eigenvalue weighted by Gasteiger charge is 2.33. The van der Waals surface area contributed by atoms with Gasteiger partial charge in [-0.05, 0) is 41.7 Å². The van der Waals surface area contributed by atoms with Crippen molar-refractivity contribution < 1.29 is 0 Å². The third-order valence-electron chi connectivity index (χ3n) is 3.97. The zero-order valence-electron chi connectivity index (χ0n) is 11.2. The Hall–Kier alpha value is -0.860. The van der Waals surface area contributed by atoms with E-state index < -0.39 is 0 Å². The van der Waals surface area contributed by atoms with Crippen LogP contribution in [-0.2, 0) is 12.8 Å². The lowest BCUT2D eigenvalue weighted by Gasteiger charge is -2.39. The highest BCUT2D eigenvalue weighted by Crippen LogP contribution is 2.34. The first-order valence-corrected chi connectivity index (χ1v) is 6.55. The second-order valence-corrected chi connectivity index (χ2v) is 6.28. The molecule has 0 aromatic heterocycles. The van der Waals surface area contributed by atoms with Gasteiger partial charge in [0.05, 0.1) is 0 Å². The predicted octanol–water partition coefficient (Wildman–Crippen LogP) is 2.67. The molecule has 1 aromatic carbocycles. The summed E-state index contributed by atoms with van der Waals surface area (Å²) in [5.74, 6) is 6.41. The summed E-state index contributed by atoms with van der Waals surface area (Å²) in [4.78, 5) is 0. The van der Waals surface area contributed by atoms with Gasteiger partial charge in [0.25, 0.3) is 0 Å². The Morgan fingerprint density at radius 3 is 2.47 bits per heavy atom. The summed E-state index contributed by atoms with van der Waals surface area (Å²) in [6, 6.07) is 9.19. The van der Waals surface area contributed by atoms with E-state index in [9.17, 15) is 0 Å². The van der Waals surface area contributed by atoms with Gasteiger partial charge in [0.1, 0.15) is 0 Å². The molecule has 94 valence electrons. The van der Waals surface area contributed by atoms with Crippen molar-refractivity contribution in [1.82, 2.24) is 5.43 Å². The van der Waals surface area contributed by atoms with Crippen molar-refractivity contribution in [3.05, 3.63) is 35.4 Å². The van der Waals surface area contributed by atoms with E-state index in [4.69, 9.17) is 5.84 Å². The summed E-state index contributed by atoms with van der Waals surface area (Å²) >= 11 is 0. The Balaban J connectivity index is 2.16. The summed E-state index contributed by atoms with van der Waals surface area (Å²) in [6.45, 7) is 6.79. The minimum absolute atomic E-state index is 0.214. The molecule has 1 aliphatic carbocycles. The first-order chi connectivity index (χ1) is 8.02. The van der Waals surface area contributed by atoms with Gasteiger partial charge in [-0.25, -0.2) is 0 Å². The summed E-state index contributed by atoms with van der Waals surface area (Å²) in [5, 5.41) is 0. The molecular weight excluding hydrogens is 208 g/mol. The van der Waals surface area contributed by atoms with E-state index in [1.807, 2.05) is 0 Å². The average molecular weight is 232 g/mol. The van der Waals surface area contributed by atoms with E-state index in [-0.39, 0.29) is 5.41 Å². The lowest BCUT2D eigenvalue weighted by molar-refractivity contribution is 0.179. The third kappa shape index (κ3) is 2.70. The molecule has 0 saturated carbocycles.